The maximum atomic E-state index is 6.18. The minimum atomic E-state index is 0.544. The van der Waals surface area contributed by atoms with Gasteiger partial charge in [0.25, 0.3) is 0 Å². The quantitative estimate of drug-likeness (QED) is 0.652. The lowest BCUT2D eigenvalue weighted by Gasteiger charge is -2.11. The molecule has 1 aliphatic rings. The van der Waals surface area contributed by atoms with Gasteiger partial charge in [0, 0.05) is 30.1 Å². The number of allylic oxidation sites excluding steroid dienone is 1. The normalized spacial score (nSPS) is 13.4. The van der Waals surface area contributed by atoms with E-state index in [1.54, 1.807) is 14.2 Å². The van der Waals surface area contributed by atoms with Crippen molar-refractivity contribution >= 4 is 17.0 Å². The van der Waals surface area contributed by atoms with Gasteiger partial charge in [-0.1, -0.05) is 42.5 Å². The van der Waals surface area contributed by atoms with Crippen LogP contribution in [0.3, 0.4) is 0 Å². The predicted octanol–water partition coefficient (Wildman–Crippen LogP) is 4.83. The number of rotatable bonds is 5. The Labute approximate surface area is 159 Å². The van der Waals surface area contributed by atoms with Crippen LogP contribution in [0.4, 0.5) is 0 Å². The van der Waals surface area contributed by atoms with Gasteiger partial charge in [0.15, 0.2) is 11.5 Å². The van der Waals surface area contributed by atoms with Gasteiger partial charge in [-0.05, 0) is 23.8 Å². The fourth-order valence-corrected chi connectivity index (χ4v) is 3.65. The van der Waals surface area contributed by atoms with Crippen LogP contribution in [0.1, 0.15) is 16.8 Å². The summed E-state index contributed by atoms with van der Waals surface area (Å²) in [5.74, 6) is 2.38. The number of ether oxygens (including phenoxy) is 3. The van der Waals surface area contributed by atoms with Crippen LogP contribution >= 0.6 is 0 Å². The second kappa shape index (κ2) is 7.23. The summed E-state index contributed by atoms with van der Waals surface area (Å²) >= 11 is 0. The van der Waals surface area contributed by atoms with E-state index in [1.165, 1.54) is 5.69 Å². The Morgan fingerprint density at radius 3 is 2.44 bits per heavy atom. The minimum Gasteiger partial charge on any atom is -0.493 e. The topological polar surface area (TPSA) is 32.6 Å². The molecular formula is C23H23NO3. The standard InChI is InChI=1S/C23H23NO3/c1-24-19-12-13-20(25-2)22(26-3)14-18(19)17-10-7-11-21(23(17)24)27-15-16-8-5-4-6-9-16/h4-11,13-14H,12,15H2,1-3H3. The van der Waals surface area contributed by atoms with Crippen molar-refractivity contribution in [3.63, 3.8) is 0 Å². The van der Waals surface area contributed by atoms with E-state index in [-0.39, 0.29) is 0 Å². The third-order valence-electron chi connectivity index (χ3n) is 5.02. The highest BCUT2D eigenvalue weighted by Crippen LogP contribution is 2.36. The smallest absolute Gasteiger partial charge is 0.161 e. The van der Waals surface area contributed by atoms with Crippen LogP contribution < -0.4 is 4.74 Å². The molecule has 27 heavy (non-hydrogen) atoms. The molecule has 0 unspecified atom stereocenters. The Morgan fingerprint density at radius 2 is 1.70 bits per heavy atom. The van der Waals surface area contributed by atoms with Gasteiger partial charge in [-0.15, -0.1) is 0 Å². The number of benzene rings is 2. The molecule has 2 aromatic carbocycles. The first kappa shape index (κ1) is 17.3. The van der Waals surface area contributed by atoms with Crippen molar-refractivity contribution < 1.29 is 14.2 Å². The molecule has 1 heterocycles. The molecule has 0 fully saturated rings. The molecule has 0 amide bonds. The molecular weight excluding hydrogens is 338 g/mol. The number of aryl methyl sites for hydroxylation is 1. The van der Waals surface area contributed by atoms with Crippen LogP contribution in [-0.2, 0) is 29.5 Å². The highest BCUT2D eigenvalue weighted by Gasteiger charge is 2.21. The molecule has 0 radical (unpaired) electrons. The number of fused-ring (bicyclic) bond motifs is 3. The zero-order valence-electron chi connectivity index (χ0n) is 15.9. The summed E-state index contributed by atoms with van der Waals surface area (Å²) in [4.78, 5) is 0. The van der Waals surface area contributed by atoms with Crippen LogP contribution in [0.2, 0.25) is 0 Å². The molecule has 0 atom stereocenters. The summed E-state index contributed by atoms with van der Waals surface area (Å²) < 4.78 is 19.4. The minimum absolute atomic E-state index is 0.544. The van der Waals surface area contributed by atoms with Gasteiger partial charge in [0.05, 0.1) is 19.7 Å². The Morgan fingerprint density at radius 1 is 0.926 bits per heavy atom. The third kappa shape index (κ3) is 3.08. The molecule has 0 saturated heterocycles. The molecule has 0 aliphatic heterocycles. The van der Waals surface area contributed by atoms with Crippen LogP contribution in [0.25, 0.3) is 17.0 Å². The molecule has 1 aliphatic carbocycles. The Bertz CT molecular complexity index is 1030. The lowest BCUT2D eigenvalue weighted by Crippen LogP contribution is -2.00. The van der Waals surface area contributed by atoms with E-state index >= 15 is 0 Å². The van der Waals surface area contributed by atoms with E-state index < -0.39 is 0 Å². The van der Waals surface area contributed by atoms with E-state index in [1.807, 2.05) is 30.3 Å². The molecule has 4 rings (SSSR count). The second-order valence-electron chi connectivity index (χ2n) is 6.54. The third-order valence-corrected chi connectivity index (χ3v) is 5.02. The number of hydrogen-bond donors (Lipinski definition) is 0. The first-order valence-corrected chi connectivity index (χ1v) is 9.00. The first-order chi connectivity index (χ1) is 13.2. The van der Waals surface area contributed by atoms with E-state index in [0.29, 0.717) is 6.61 Å². The van der Waals surface area contributed by atoms with Gasteiger partial charge in [-0.2, -0.15) is 0 Å². The molecule has 138 valence electrons. The summed E-state index contributed by atoms with van der Waals surface area (Å²) in [7, 11) is 5.42. The van der Waals surface area contributed by atoms with Gasteiger partial charge in [0.2, 0.25) is 0 Å². The Kier molecular flexibility index (Phi) is 4.63. The van der Waals surface area contributed by atoms with Gasteiger partial charge >= 0.3 is 0 Å². The molecule has 4 heteroatoms. The van der Waals surface area contributed by atoms with Gasteiger partial charge in [-0.25, -0.2) is 0 Å². The van der Waals surface area contributed by atoms with E-state index in [9.17, 15) is 0 Å². The number of hydrogen-bond acceptors (Lipinski definition) is 3. The fourth-order valence-electron chi connectivity index (χ4n) is 3.65. The van der Waals surface area contributed by atoms with E-state index in [2.05, 4.69) is 42.0 Å². The molecule has 0 saturated carbocycles. The molecule has 0 N–H and O–H groups in total. The Hall–Kier alpha value is -3.14. The zero-order valence-corrected chi connectivity index (χ0v) is 15.9. The summed E-state index contributed by atoms with van der Waals surface area (Å²) in [5.41, 5.74) is 4.61. The first-order valence-electron chi connectivity index (χ1n) is 9.00. The summed E-state index contributed by atoms with van der Waals surface area (Å²) in [6.07, 6.45) is 4.89. The molecule has 0 spiro atoms. The van der Waals surface area contributed by atoms with Crippen molar-refractivity contribution in [2.24, 2.45) is 7.05 Å². The molecule has 3 aromatic rings. The largest absolute Gasteiger partial charge is 0.493 e. The average molecular weight is 361 g/mol. The molecule has 4 nitrogen and oxygen atoms in total. The summed E-state index contributed by atoms with van der Waals surface area (Å²) in [6.45, 7) is 0.544. The van der Waals surface area contributed by atoms with Crippen molar-refractivity contribution in [1.82, 2.24) is 4.57 Å². The predicted molar refractivity (Wildman–Crippen MR) is 107 cm³/mol. The maximum absolute atomic E-state index is 6.18. The van der Waals surface area contributed by atoms with E-state index in [0.717, 1.165) is 45.7 Å². The maximum Gasteiger partial charge on any atom is 0.161 e. The van der Waals surface area contributed by atoms with Crippen molar-refractivity contribution in [3.8, 4) is 5.75 Å². The van der Waals surface area contributed by atoms with Crippen molar-refractivity contribution in [2.45, 2.75) is 13.0 Å². The van der Waals surface area contributed by atoms with Crippen molar-refractivity contribution in [1.29, 1.82) is 0 Å². The van der Waals surface area contributed by atoms with E-state index in [4.69, 9.17) is 14.2 Å². The van der Waals surface area contributed by atoms with Crippen molar-refractivity contribution in [3.05, 3.63) is 82.9 Å². The van der Waals surface area contributed by atoms with Crippen LogP contribution in [-0.4, -0.2) is 18.8 Å². The lowest BCUT2D eigenvalue weighted by molar-refractivity contribution is 0.222. The van der Waals surface area contributed by atoms with Gasteiger partial charge in [-0.3, -0.25) is 0 Å². The molecule has 1 aromatic heterocycles. The average Bonchev–Trinajstić information content (AvgIpc) is 2.87. The summed E-state index contributed by atoms with van der Waals surface area (Å²) in [5, 5.41) is 1.15. The Balaban J connectivity index is 1.78. The zero-order chi connectivity index (χ0) is 18.8. The van der Waals surface area contributed by atoms with Crippen LogP contribution in [0.15, 0.2) is 66.1 Å². The number of para-hydroxylation sites is 1. The monoisotopic (exact) mass is 361 g/mol. The molecule has 0 bridgehead atoms. The second-order valence-corrected chi connectivity index (χ2v) is 6.54. The van der Waals surface area contributed by atoms with Crippen LogP contribution in [0, 0.1) is 0 Å². The van der Waals surface area contributed by atoms with Crippen molar-refractivity contribution in [2.75, 3.05) is 14.2 Å². The number of aromatic nitrogens is 1. The summed E-state index contributed by atoms with van der Waals surface area (Å²) in [6, 6.07) is 16.4. The SMILES string of the molecule is COC1=CCc2c(c3cccc(OCc4ccccc4)c3n2C)C=C1OC. The number of methoxy groups -OCH3 is 2. The fraction of sp³-hybridized carbons (Fsp3) is 0.217. The highest BCUT2D eigenvalue weighted by molar-refractivity contribution is 5.95. The van der Waals surface area contributed by atoms with Gasteiger partial charge < -0.3 is 18.8 Å². The number of nitrogens with zero attached hydrogens (tertiary/aromatic N) is 1. The lowest BCUT2D eigenvalue weighted by atomic mass is 10.1. The highest BCUT2D eigenvalue weighted by atomic mass is 16.5. The van der Waals surface area contributed by atoms with Gasteiger partial charge in [0.1, 0.15) is 12.4 Å². The van der Waals surface area contributed by atoms with Crippen LogP contribution in [0.5, 0.6) is 5.75 Å².